The van der Waals surface area contributed by atoms with E-state index in [0.29, 0.717) is 23.7 Å². The maximum atomic E-state index is 9.52. The Kier molecular flexibility index (Phi) is 7.09. The number of nitrogen functional groups attached to an aromatic ring is 1. The smallest absolute Gasteiger partial charge is 0.193 e. The van der Waals surface area contributed by atoms with Gasteiger partial charge in [-0.05, 0) is 31.4 Å². The maximum absolute atomic E-state index is 9.52. The van der Waals surface area contributed by atoms with E-state index in [9.17, 15) is 5.26 Å². The van der Waals surface area contributed by atoms with E-state index in [1.807, 2.05) is 37.4 Å². The molecular formula is C21H29N7O. The summed E-state index contributed by atoms with van der Waals surface area (Å²) in [6.07, 6.45) is 2.62. The summed E-state index contributed by atoms with van der Waals surface area (Å²) in [6.45, 7) is 3.49. The molecule has 0 aliphatic carbocycles. The minimum absolute atomic E-state index is 0.388. The fourth-order valence-corrected chi connectivity index (χ4v) is 3.73. The highest BCUT2D eigenvalue weighted by Crippen LogP contribution is 2.21. The number of likely N-dealkylation sites (tertiary alicyclic amines) is 1. The summed E-state index contributed by atoms with van der Waals surface area (Å²) in [6, 6.07) is 11.8. The van der Waals surface area contributed by atoms with Crippen LogP contribution in [0.1, 0.15) is 24.1 Å². The Morgan fingerprint density at radius 1 is 1.41 bits per heavy atom. The molecule has 1 unspecified atom stereocenters. The number of hydrogen-bond acceptors (Lipinski definition) is 5. The number of anilines is 1. The molecular weight excluding hydrogens is 366 g/mol. The van der Waals surface area contributed by atoms with Gasteiger partial charge < -0.3 is 20.7 Å². The van der Waals surface area contributed by atoms with Crippen LogP contribution < -0.4 is 11.1 Å². The fourth-order valence-electron chi connectivity index (χ4n) is 3.73. The molecule has 1 atom stereocenters. The van der Waals surface area contributed by atoms with Crippen LogP contribution in [0.15, 0.2) is 35.3 Å². The summed E-state index contributed by atoms with van der Waals surface area (Å²) in [7, 11) is 3.55. The zero-order valence-electron chi connectivity index (χ0n) is 17.1. The molecule has 3 rings (SSSR count). The number of nitrogens with one attached hydrogen (secondary N) is 1. The van der Waals surface area contributed by atoms with Crippen molar-refractivity contribution in [1.82, 2.24) is 20.0 Å². The second kappa shape index (κ2) is 9.94. The number of guanidine groups is 1. The Bertz CT molecular complexity index is 869. The van der Waals surface area contributed by atoms with Crippen LogP contribution in [-0.2, 0) is 11.2 Å². The Morgan fingerprint density at radius 3 is 2.90 bits per heavy atom. The van der Waals surface area contributed by atoms with Crippen molar-refractivity contribution >= 4 is 11.8 Å². The van der Waals surface area contributed by atoms with Gasteiger partial charge in [0, 0.05) is 39.7 Å². The van der Waals surface area contributed by atoms with E-state index in [0.717, 1.165) is 56.4 Å². The first-order chi connectivity index (χ1) is 14.2. The minimum atomic E-state index is 0.388. The molecule has 0 spiro atoms. The van der Waals surface area contributed by atoms with E-state index in [-0.39, 0.29) is 0 Å². The molecule has 1 aromatic heterocycles. The summed E-state index contributed by atoms with van der Waals surface area (Å²) in [4.78, 5) is 6.67. The first-order valence-corrected chi connectivity index (χ1v) is 9.95. The van der Waals surface area contributed by atoms with Crippen LogP contribution in [0.25, 0.3) is 5.69 Å². The first-order valence-electron chi connectivity index (χ1n) is 9.95. The molecule has 0 amide bonds. The second-order valence-electron chi connectivity index (χ2n) is 7.20. The van der Waals surface area contributed by atoms with Gasteiger partial charge in [-0.2, -0.15) is 10.4 Å². The van der Waals surface area contributed by atoms with E-state index in [4.69, 9.17) is 10.5 Å². The van der Waals surface area contributed by atoms with Gasteiger partial charge in [-0.15, -0.1) is 0 Å². The Balaban J connectivity index is 1.56. The number of ether oxygens (including phenoxy) is 1. The number of nitrogens with zero attached hydrogens (tertiary/aromatic N) is 5. The van der Waals surface area contributed by atoms with Crippen molar-refractivity contribution in [2.45, 2.75) is 19.3 Å². The summed E-state index contributed by atoms with van der Waals surface area (Å²) >= 11 is 0. The van der Waals surface area contributed by atoms with E-state index >= 15 is 0 Å². The fraction of sp³-hybridized carbons (Fsp3) is 0.476. The van der Waals surface area contributed by atoms with Crippen molar-refractivity contribution in [3.05, 3.63) is 41.6 Å². The van der Waals surface area contributed by atoms with E-state index in [1.165, 1.54) is 0 Å². The largest absolute Gasteiger partial charge is 0.384 e. The number of benzene rings is 1. The molecule has 1 fully saturated rings. The molecule has 1 aliphatic rings. The van der Waals surface area contributed by atoms with Crippen LogP contribution in [0.2, 0.25) is 0 Å². The number of nitriles is 1. The standard InChI is InChI=1S/C21H29N7O/c1-24-21(27-12-10-16(14-27)15-29-2)25-11-6-9-19-18(13-22)20(23)28(26-19)17-7-4-3-5-8-17/h3-5,7-8,16H,6,9-12,14-15,23H2,1-2H3,(H,24,25). The molecule has 0 saturated carbocycles. The summed E-state index contributed by atoms with van der Waals surface area (Å²) in [5, 5.41) is 17.5. The van der Waals surface area contributed by atoms with Crippen LogP contribution in [-0.4, -0.2) is 61.0 Å². The van der Waals surface area contributed by atoms with Crippen molar-refractivity contribution in [1.29, 1.82) is 5.26 Å². The van der Waals surface area contributed by atoms with Gasteiger partial charge in [0.25, 0.3) is 0 Å². The highest BCUT2D eigenvalue weighted by Gasteiger charge is 2.24. The molecule has 1 aromatic carbocycles. The van der Waals surface area contributed by atoms with Crippen molar-refractivity contribution in [3.63, 3.8) is 0 Å². The lowest BCUT2D eigenvalue weighted by Gasteiger charge is -2.21. The summed E-state index contributed by atoms with van der Waals surface area (Å²) in [5.74, 6) is 1.86. The molecule has 2 aromatic rings. The molecule has 1 aliphatic heterocycles. The predicted molar refractivity (Wildman–Crippen MR) is 114 cm³/mol. The third-order valence-corrected chi connectivity index (χ3v) is 5.18. The summed E-state index contributed by atoms with van der Waals surface area (Å²) in [5.41, 5.74) is 8.21. The molecule has 0 bridgehead atoms. The average Bonchev–Trinajstić information content (AvgIpc) is 3.33. The van der Waals surface area contributed by atoms with E-state index in [1.54, 1.807) is 11.8 Å². The number of rotatable bonds is 7. The molecule has 8 nitrogen and oxygen atoms in total. The Morgan fingerprint density at radius 2 is 2.21 bits per heavy atom. The lowest BCUT2D eigenvalue weighted by Crippen LogP contribution is -2.40. The van der Waals surface area contributed by atoms with Gasteiger partial charge >= 0.3 is 0 Å². The molecule has 1 saturated heterocycles. The van der Waals surface area contributed by atoms with Gasteiger partial charge in [-0.1, -0.05) is 18.2 Å². The maximum Gasteiger partial charge on any atom is 0.193 e. The number of hydrogen-bond donors (Lipinski definition) is 2. The molecule has 29 heavy (non-hydrogen) atoms. The molecule has 2 heterocycles. The highest BCUT2D eigenvalue weighted by molar-refractivity contribution is 5.80. The zero-order chi connectivity index (χ0) is 20.6. The number of nitrogens with two attached hydrogens (primary N) is 1. The molecule has 8 heteroatoms. The number of aryl methyl sites for hydroxylation is 1. The SMILES string of the molecule is CN=C(NCCCc1nn(-c2ccccc2)c(N)c1C#N)N1CCC(COC)C1. The van der Waals surface area contributed by atoms with Crippen molar-refractivity contribution in [3.8, 4) is 11.8 Å². The number of methoxy groups -OCH3 is 1. The third kappa shape index (κ3) is 4.87. The highest BCUT2D eigenvalue weighted by atomic mass is 16.5. The van der Waals surface area contributed by atoms with Gasteiger partial charge in [0.1, 0.15) is 17.5 Å². The number of aliphatic imine (C=N–C) groups is 1. The van der Waals surface area contributed by atoms with Gasteiger partial charge in [0.05, 0.1) is 18.0 Å². The molecule has 0 radical (unpaired) electrons. The monoisotopic (exact) mass is 395 g/mol. The lowest BCUT2D eigenvalue weighted by molar-refractivity contribution is 0.157. The molecule has 3 N–H and O–H groups in total. The lowest BCUT2D eigenvalue weighted by atomic mass is 10.1. The van der Waals surface area contributed by atoms with Gasteiger partial charge in [-0.25, -0.2) is 4.68 Å². The second-order valence-corrected chi connectivity index (χ2v) is 7.20. The van der Waals surface area contributed by atoms with Crippen LogP contribution in [0, 0.1) is 17.2 Å². The minimum Gasteiger partial charge on any atom is -0.384 e. The van der Waals surface area contributed by atoms with E-state index in [2.05, 4.69) is 26.4 Å². The number of para-hydroxylation sites is 1. The van der Waals surface area contributed by atoms with Crippen LogP contribution in [0.5, 0.6) is 0 Å². The molecule has 154 valence electrons. The van der Waals surface area contributed by atoms with Crippen molar-refractivity contribution in [2.75, 3.05) is 46.1 Å². The zero-order valence-corrected chi connectivity index (χ0v) is 17.1. The quantitative estimate of drug-likeness (QED) is 0.421. The van der Waals surface area contributed by atoms with Gasteiger partial charge in [-0.3, -0.25) is 4.99 Å². The normalized spacial score (nSPS) is 16.8. The number of aromatic nitrogens is 2. The van der Waals surface area contributed by atoms with Crippen LogP contribution in [0.3, 0.4) is 0 Å². The van der Waals surface area contributed by atoms with Gasteiger partial charge in [0.2, 0.25) is 0 Å². The third-order valence-electron chi connectivity index (χ3n) is 5.18. The average molecular weight is 396 g/mol. The van der Waals surface area contributed by atoms with E-state index < -0.39 is 0 Å². The Labute approximate surface area is 172 Å². The van der Waals surface area contributed by atoms with Crippen LogP contribution in [0.4, 0.5) is 5.82 Å². The topological polar surface area (TPSA) is 104 Å². The summed E-state index contributed by atoms with van der Waals surface area (Å²) < 4.78 is 6.91. The van der Waals surface area contributed by atoms with Crippen LogP contribution >= 0.6 is 0 Å². The van der Waals surface area contributed by atoms with Crippen molar-refractivity contribution < 1.29 is 4.74 Å². The Hall–Kier alpha value is -3.05. The first kappa shape index (κ1) is 20.7. The predicted octanol–water partition coefficient (Wildman–Crippen LogP) is 1.80. The van der Waals surface area contributed by atoms with Crippen molar-refractivity contribution in [2.24, 2.45) is 10.9 Å². The van der Waals surface area contributed by atoms with Gasteiger partial charge in [0.15, 0.2) is 5.96 Å².